The highest BCUT2D eigenvalue weighted by Crippen LogP contribution is 2.31. The van der Waals surface area contributed by atoms with Crippen LogP contribution in [0.3, 0.4) is 0 Å². The lowest BCUT2D eigenvalue weighted by Gasteiger charge is -2.26. The lowest BCUT2D eigenvalue weighted by Crippen LogP contribution is -2.26. The molecule has 0 amide bonds. The van der Waals surface area contributed by atoms with Crippen molar-refractivity contribution < 1.29 is 9.15 Å². The molecule has 1 atom stereocenters. The average Bonchev–Trinajstić information content (AvgIpc) is 2.93. The second-order valence-corrected chi connectivity index (χ2v) is 4.83. The van der Waals surface area contributed by atoms with E-state index in [2.05, 4.69) is 36.5 Å². The van der Waals surface area contributed by atoms with Gasteiger partial charge in [0.2, 0.25) is 0 Å². The van der Waals surface area contributed by atoms with E-state index in [0.29, 0.717) is 6.04 Å². The summed E-state index contributed by atoms with van der Waals surface area (Å²) in [5.74, 6) is 3.05. The summed E-state index contributed by atoms with van der Waals surface area (Å²) >= 11 is 0. The van der Waals surface area contributed by atoms with Gasteiger partial charge in [0, 0.05) is 24.4 Å². The van der Waals surface area contributed by atoms with Gasteiger partial charge in [-0.25, -0.2) is 0 Å². The zero-order chi connectivity index (χ0) is 13.1. The minimum atomic E-state index is 0.347. The minimum absolute atomic E-state index is 0.347. The Bertz CT molecular complexity index is 547. The molecule has 2 aromatic rings. The Kier molecular flexibility index (Phi) is 3.56. The van der Waals surface area contributed by atoms with Crippen LogP contribution >= 0.6 is 0 Å². The predicted molar refractivity (Wildman–Crippen MR) is 74.2 cm³/mol. The molecule has 1 N–H and O–H groups in total. The fourth-order valence-corrected chi connectivity index (χ4v) is 2.49. The topological polar surface area (TPSA) is 34.4 Å². The van der Waals surface area contributed by atoms with Crippen molar-refractivity contribution in [3.05, 3.63) is 53.5 Å². The van der Waals surface area contributed by atoms with Gasteiger partial charge in [0.15, 0.2) is 0 Å². The summed E-state index contributed by atoms with van der Waals surface area (Å²) in [5, 5.41) is 3.56. The van der Waals surface area contributed by atoms with Crippen molar-refractivity contribution in [2.24, 2.45) is 0 Å². The first-order chi connectivity index (χ1) is 9.36. The molecule has 0 bridgehead atoms. The zero-order valence-corrected chi connectivity index (χ0v) is 11.2. The maximum atomic E-state index is 5.72. The average molecular weight is 257 g/mol. The first-order valence-corrected chi connectivity index (χ1v) is 6.89. The molecule has 100 valence electrons. The summed E-state index contributed by atoms with van der Waals surface area (Å²) in [6, 6.07) is 12.7. The van der Waals surface area contributed by atoms with E-state index in [1.807, 2.05) is 12.1 Å². The van der Waals surface area contributed by atoms with E-state index in [9.17, 15) is 0 Å². The van der Waals surface area contributed by atoms with E-state index in [1.54, 1.807) is 0 Å². The van der Waals surface area contributed by atoms with E-state index < -0.39 is 0 Å². The van der Waals surface area contributed by atoms with Crippen molar-refractivity contribution in [3.63, 3.8) is 0 Å². The van der Waals surface area contributed by atoms with Gasteiger partial charge in [-0.2, -0.15) is 0 Å². The number of benzene rings is 1. The third-order valence-electron chi connectivity index (χ3n) is 3.55. The van der Waals surface area contributed by atoms with Crippen LogP contribution in [0, 0.1) is 0 Å². The van der Waals surface area contributed by atoms with Gasteiger partial charge >= 0.3 is 0 Å². The van der Waals surface area contributed by atoms with Crippen LogP contribution < -0.4 is 10.1 Å². The molecule has 3 heteroatoms. The van der Waals surface area contributed by atoms with Gasteiger partial charge in [-0.3, -0.25) is 0 Å². The fourth-order valence-electron chi connectivity index (χ4n) is 2.49. The van der Waals surface area contributed by atoms with Gasteiger partial charge in [0.1, 0.15) is 17.3 Å². The first-order valence-electron chi connectivity index (χ1n) is 6.89. The Morgan fingerprint density at radius 2 is 2.00 bits per heavy atom. The highest BCUT2D eigenvalue weighted by Gasteiger charge is 2.20. The number of nitrogens with one attached hydrogen (secondary N) is 1. The Morgan fingerprint density at radius 1 is 1.16 bits per heavy atom. The predicted octanol–water partition coefficient (Wildman–Crippen LogP) is 3.46. The monoisotopic (exact) mass is 257 g/mol. The molecule has 19 heavy (non-hydrogen) atoms. The SMILES string of the molecule is CCc1ccc(CNC2CCOc3ccccc32)o1. The molecule has 1 aliphatic heterocycles. The molecule has 0 radical (unpaired) electrons. The molecule has 3 rings (SSSR count). The Labute approximate surface area is 113 Å². The highest BCUT2D eigenvalue weighted by molar-refractivity contribution is 5.37. The van der Waals surface area contributed by atoms with E-state index >= 15 is 0 Å². The summed E-state index contributed by atoms with van der Waals surface area (Å²) in [5.41, 5.74) is 1.25. The molecular formula is C16H19NO2. The number of para-hydroxylation sites is 1. The highest BCUT2D eigenvalue weighted by atomic mass is 16.5. The summed E-state index contributed by atoms with van der Waals surface area (Å²) in [6.45, 7) is 3.64. The standard InChI is InChI=1S/C16H19NO2/c1-2-12-7-8-13(19-12)11-17-15-9-10-18-16-6-4-3-5-14(15)16/h3-8,15,17H,2,9-11H2,1H3. The van der Waals surface area contributed by atoms with Crippen LogP contribution in [0.2, 0.25) is 0 Å². The molecule has 3 nitrogen and oxygen atoms in total. The van der Waals surface area contributed by atoms with Crippen LogP contribution in [0.5, 0.6) is 5.75 Å². The van der Waals surface area contributed by atoms with Gasteiger partial charge in [0.05, 0.1) is 13.2 Å². The van der Waals surface area contributed by atoms with Gasteiger partial charge < -0.3 is 14.5 Å². The number of hydrogen-bond acceptors (Lipinski definition) is 3. The maximum absolute atomic E-state index is 5.72. The number of fused-ring (bicyclic) bond motifs is 1. The largest absolute Gasteiger partial charge is 0.493 e. The first kappa shape index (κ1) is 12.3. The molecule has 1 aromatic carbocycles. The smallest absolute Gasteiger partial charge is 0.124 e. The van der Waals surface area contributed by atoms with Crippen molar-refractivity contribution >= 4 is 0 Å². The van der Waals surface area contributed by atoms with Gasteiger partial charge in [-0.05, 0) is 18.2 Å². The Balaban J connectivity index is 1.68. The maximum Gasteiger partial charge on any atom is 0.124 e. The molecular weight excluding hydrogens is 238 g/mol. The number of ether oxygens (including phenoxy) is 1. The number of hydrogen-bond donors (Lipinski definition) is 1. The molecule has 0 spiro atoms. The van der Waals surface area contributed by atoms with Crippen LogP contribution in [-0.4, -0.2) is 6.61 Å². The zero-order valence-electron chi connectivity index (χ0n) is 11.2. The van der Waals surface area contributed by atoms with Crippen LogP contribution in [0.4, 0.5) is 0 Å². The Hall–Kier alpha value is -1.74. The summed E-state index contributed by atoms with van der Waals surface area (Å²) < 4.78 is 11.4. The number of aryl methyl sites for hydroxylation is 1. The third kappa shape index (κ3) is 2.66. The summed E-state index contributed by atoms with van der Waals surface area (Å²) in [7, 11) is 0. The quantitative estimate of drug-likeness (QED) is 0.911. The second kappa shape index (κ2) is 5.49. The summed E-state index contributed by atoms with van der Waals surface area (Å²) in [4.78, 5) is 0. The third-order valence-corrected chi connectivity index (χ3v) is 3.55. The summed E-state index contributed by atoms with van der Waals surface area (Å²) in [6.07, 6.45) is 1.94. The number of furan rings is 1. The van der Waals surface area contributed by atoms with Crippen LogP contribution in [-0.2, 0) is 13.0 Å². The molecule has 0 saturated carbocycles. The second-order valence-electron chi connectivity index (χ2n) is 4.83. The van der Waals surface area contributed by atoms with Crippen molar-refractivity contribution in [1.29, 1.82) is 0 Å². The van der Waals surface area contributed by atoms with Gasteiger partial charge in [0.25, 0.3) is 0 Å². The lowest BCUT2D eigenvalue weighted by molar-refractivity contribution is 0.249. The van der Waals surface area contributed by atoms with Crippen molar-refractivity contribution in [1.82, 2.24) is 5.32 Å². The van der Waals surface area contributed by atoms with Gasteiger partial charge in [-0.15, -0.1) is 0 Å². The fraction of sp³-hybridized carbons (Fsp3) is 0.375. The van der Waals surface area contributed by atoms with Crippen LogP contribution in [0.1, 0.15) is 36.5 Å². The van der Waals surface area contributed by atoms with Crippen molar-refractivity contribution in [3.8, 4) is 5.75 Å². The molecule has 1 aliphatic rings. The molecule has 0 aliphatic carbocycles. The molecule has 0 fully saturated rings. The molecule has 2 heterocycles. The van der Waals surface area contributed by atoms with Crippen molar-refractivity contribution in [2.75, 3.05) is 6.61 Å². The van der Waals surface area contributed by atoms with E-state index in [4.69, 9.17) is 9.15 Å². The minimum Gasteiger partial charge on any atom is -0.493 e. The number of rotatable bonds is 4. The van der Waals surface area contributed by atoms with E-state index in [1.165, 1.54) is 5.56 Å². The Morgan fingerprint density at radius 3 is 2.84 bits per heavy atom. The van der Waals surface area contributed by atoms with Gasteiger partial charge in [-0.1, -0.05) is 25.1 Å². The van der Waals surface area contributed by atoms with Crippen molar-refractivity contribution in [2.45, 2.75) is 32.4 Å². The normalized spacial score (nSPS) is 17.8. The molecule has 1 aromatic heterocycles. The lowest BCUT2D eigenvalue weighted by atomic mass is 10.0. The van der Waals surface area contributed by atoms with E-state index in [0.717, 1.165) is 43.3 Å². The molecule has 0 saturated heterocycles. The molecule has 1 unspecified atom stereocenters. The van der Waals surface area contributed by atoms with Crippen LogP contribution in [0.25, 0.3) is 0 Å². The van der Waals surface area contributed by atoms with Crippen LogP contribution in [0.15, 0.2) is 40.8 Å². The van der Waals surface area contributed by atoms with E-state index in [-0.39, 0.29) is 0 Å².